The van der Waals surface area contributed by atoms with E-state index in [1.54, 1.807) is 12.1 Å². The van der Waals surface area contributed by atoms with Gasteiger partial charge in [-0.3, -0.25) is 0 Å². The van der Waals surface area contributed by atoms with Crippen LogP contribution in [0.3, 0.4) is 0 Å². The van der Waals surface area contributed by atoms with Crippen LogP contribution in [0.1, 0.15) is 21.7 Å². The number of furan rings is 1. The van der Waals surface area contributed by atoms with E-state index >= 15 is 0 Å². The van der Waals surface area contributed by atoms with Crippen LogP contribution >= 0.6 is 11.6 Å². The van der Waals surface area contributed by atoms with E-state index in [1.165, 1.54) is 7.11 Å². The Bertz CT molecular complexity index is 586. The number of aromatic carboxylic acids is 1. The Balaban J connectivity index is 2.79. The molecule has 0 saturated heterocycles. The van der Waals surface area contributed by atoms with E-state index in [2.05, 4.69) is 0 Å². The van der Waals surface area contributed by atoms with Crippen LogP contribution in [-0.4, -0.2) is 18.2 Å². The van der Waals surface area contributed by atoms with Crippen LogP contribution in [0.5, 0.6) is 0 Å². The number of carboxylic acid groups (broad SMARTS) is 1. The first-order chi connectivity index (χ1) is 8.04. The van der Waals surface area contributed by atoms with Crippen molar-refractivity contribution in [2.75, 3.05) is 7.11 Å². The van der Waals surface area contributed by atoms with E-state index in [0.29, 0.717) is 21.6 Å². The summed E-state index contributed by atoms with van der Waals surface area (Å²) in [5.74, 6) is -1.20. The number of carbonyl (C=O) groups is 1. The number of aryl methyl sites for hydroxylation is 1. The summed E-state index contributed by atoms with van der Waals surface area (Å²) in [5.41, 5.74) is 1.86. The third-order valence-corrected chi connectivity index (χ3v) is 2.74. The SMILES string of the molecule is COCc1c(C(=O)O)oc2c(C)cc(Cl)cc12. The second kappa shape index (κ2) is 4.39. The predicted molar refractivity (Wildman–Crippen MR) is 63.6 cm³/mol. The van der Waals surface area contributed by atoms with Gasteiger partial charge in [-0.05, 0) is 24.6 Å². The van der Waals surface area contributed by atoms with Crippen LogP contribution in [0.4, 0.5) is 0 Å². The second-order valence-corrected chi connectivity index (χ2v) is 4.18. The number of ether oxygens (including phenoxy) is 1. The molecule has 0 aliphatic rings. The molecule has 4 nitrogen and oxygen atoms in total. The number of hydrogen-bond acceptors (Lipinski definition) is 3. The molecule has 0 aliphatic heterocycles. The molecule has 0 bridgehead atoms. The molecule has 0 fully saturated rings. The van der Waals surface area contributed by atoms with E-state index in [-0.39, 0.29) is 12.4 Å². The lowest BCUT2D eigenvalue weighted by molar-refractivity contribution is 0.0658. The van der Waals surface area contributed by atoms with Crippen molar-refractivity contribution >= 4 is 28.5 Å². The first kappa shape index (κ1) is 12.0. The van der Waals surface area contributed by atoms with E-state index < -0.39 is 5.97 Å². The van der Waals surface area contributed by atoms with Gasteiger partial charge in [-0.1, -0.05) is 11.6 Å². The lowest BCUT2D eigenvalue weighted by Crippen LogP contribution is -1.99. The molecule has 0 spiro atoms. The normalized spacial score (nSPS) is 11.0. The molecule has 5 heteroatoms. The minimum absolute atomic E-state index is 0.0905. The fourth-order valence-electron chi connectivity index (χ4n) is 1.84. The second-order valence-electron chi connectivity index (χ2n) is 3.75. The Morgan fingerprint density at radius 3 is 2.82 bits per heavy atom. The third kappa shape index (κ3) is 2.01. The van der Waals surface area contributed by atoms with Gasteiger partial charge in [0.25, 0.3) is 0 Å². The Hall–Kier alpha value is -1.52. The summed E-state index contributed by atoms with van der Waals surface area (Å²) in [5, 5.41) is 10.3. The molecule has 1 aromatic heterocycles. The number of fused-ring (bicyclic) bond motifs is 1. The van der Waals surface area contributed by atoms with Crippen molar-refractivity contribution in [3.63, 3.8) is 0 Å². The monoisotopic (exact) mass is 254 g/mol. The highest BCUT2D eigenvalue weighted by atomic mass is 35.5. The molecule has 2 rings (SSSR count). The van der Waals surface area contributed by atoms with Crippen molar-refractivity contribution in [3.8, 4) is 0 Å². The van der Waals surface area contributed by atoms with Gasteiger partial charge < -0.3 is 14.3 Å². The molecule has 1 N–H and O–H groups in total. The molecule has 0 amide bonds. The van der Waals surface area contributed by atoms with Gasteiger partial charge in [0.1, 0.15) is 5.58 Å². The van der Waals surface area contributed by atoms with Crippen molar-refractivity contribution in [3.05, 3.63) is 34.0 Å². The molecule has 90 valence electrons. The van der Waals surface area contributed by atoms with Gasteiger partial charge in [0.15, 0.2) is 0 Å². The maximum Gasteiger partial charge on any atom is 0.372 e. The van der Waals surface area contributed by atoms with Crippen molar-refractivity contribution < 1.29 is 19.1 Å². The zero-order chi connectivity index (χ0) is 12.6. The first-order valence-corrected chi connectivity index (χ1v) is 5.36. The van der Waals surface area contributed by atoms with Gasteiger partial charge in [0.05, 0.1) is 6.61 Å². The standard InChI is InChI=1S/C12H11ClO4/c1-6-3-7(13)4-8-9(5-16-2)11(12(14)15)17-10(6)8/h3-4H,5H2,1-2H3,(H,14,15). The van der Waals surface area contributed by atoms with E-state index in [9.17, 15) is 4.79 Å². The lowest BCUT2D eigenvalue weighted by atomic mass is 10.1. The van der Waals surface area contributed by atoms with E-state index in [4.69, 9.17) is 25.9 Å². The highest BCUT2D eigenvalue weighted by molar-refractivity contribution is 6.31. The Morgan fingerprint density at radius 1 is 1.53 bits per heavy atom. The third-order valence-electron chi connectivity index (χ3n) is 2.53. The smallest absolute Gasteiger partial charge is 0.372 e. The first-order valence-electron chi connectivity index (χ1n) is 4.98. The number of hydrogen-bond donors (Lipinski definition) is 1. The van der Waals surface area contributed by atoms with Crippen LogP contribution in [-0.2, 0) is 11.3 Å². The van der Waals surface area contributed by atoms with Crippen LogP contribution in [0.15, 0.2) is 16.5 Å². The van der Waals surface area contributed by atoms with Crippen molar-refractivity contribution in [2.24, 2.45) is 0 Å². The van der Waals surface area contributed by atoms with Crippen molar-refractivity contribution in [1.29, 1.82) is 0 Å². The topological polar surface area (TPSA) is 59.7 Å². The summed E-state index contributed by atoms with van der Waals surface area (Å²) in [6.07, 6.45) is 0. The molecule has 1 heterocycles. The van der Waals surface area contributed by atoms with Gasteiger partial charge >= 0.3 is 5.97 Å². The molecule has 0 saturated carbocycles. The van der Waals surface area contributed by atoms with E-state index in [1.807, 2.05) is 6.92 Å². The highest BCUT2D eigenvalue weighted by Gasteiger charge is 2.21. The fraction of sp³-hybridized carbons (Fsp3) is 0.250. The average molecular weight is 255 g/mol. The largest absolute Gasteiger partial charge is 0.475 e. The predicted octanol–water partition coefficient (Wildman–Crippen LogP) is 3.24. The van der Waals surface area contributed by atoms with Gasteiger partial charge in [-0.25, -0.2) is 4.79 Å². The number of methoxy groups -OCH3 is 1. The quantitative estimate of drug-likeness (QED) is 0.913. The molecule has 2 aromatic rings. The fourth-order valence-corrected chi connectivity index (χ4v) is 2.11. The minimum atomic E-state index is -1.11. The Kier molecular flexibility index (Phi) is 3.09. The van der Waals surface area contributed by atoms with E-state index in [0.717, 1.165) is 5.56 Å². The van der Waals surface area contributed by atoms with Gasteiger partial charge in [0.2, 0.25) is 5.76 Å². The molecule has 0 radical (unpaired) electrons. The van der Waals surface area contributed by atoms with Crippen LogP contribution in [0.2, 0.25) is 5.02 Å². The molecule has 0 atom stereocenters. The van der Waals surface area contributed by atoms with Gasteiger partial charge in [-0.2, -0.15) is 0 Å². The van der Waals surface area contributed by atoms with Gasteiger partial charge in [0, 0.05) is 23.1 Å². The summed E-state index contributed by atoms with van der Waals surface area (Å²) in [7, 11) is 1.50. The molecule has 1 aromatic carbocycles. The maximum absolute atomic E-state index is 11.1. The summed E-state index contributed by atoms with van der Waals surface area (Å²) in [4.78, 5) is 11.1. The molecule has 0 aliphatic carbocycles. The zero-order valence-electron chi connectivity index (χ0n) is 9.41. The van der Waals surface area contributed by atoms with Crippen LogP contribution < -0.4 is 0 Å². The van der Waals surface area contributed by atoms with Crippen molar-refractivity contribution in [1.82, 2.24) is 0 Å². The molecular weight excluding hydrogens is 244 g/mol. The number of halogens is 1. The Morgan fingerprint density at radius 2 is 2.24 bits per heavy atom. The average Bonchev–Trinajstić information content (AvgIpc) is 2.58. The Labute approximate surface area is 103 Å². The van der Waals surface area contributed by atoms with Crippen LogP contribution in [0, 0.1) is 6.92 Å². The molecule has 0 unspecified atom stereocenters. The summed E-state index contributed by atoms with van der Waals surface area (Å²) < 4.78 is 10.4. The number of benzene rings is 1. The summed E-state index contributed by atoms with van der Waals surface area (Å²) >= 11 is 5.96. The maximum atomic E-state index is 11.1. The van der Waals surface area contributed by atoms with Crippen LogP contribution in [0.25, 0.3) is 11.0 Å². The molecule has 17 heavy (non-hydrogen) atoms. The minimum Gasteiger partial charge on any atom is -0.475 e. The summed E-state index contributed by atoms with van der Waals surface area (Å²) in [6, 6.07) is 3.42. The zero-order valence-corrected chi connectivity index (χ0v) is 10.2. The lowest BCUT2D eigenvalue weighted by Gasteiger charge is -1.99. The number of rotatable bonds is 3. The van der Waals surface area contributed by atoms with Crippen molar-refractivity contribution in [2.45, 2.75) is 13.5 Å². The number of carboxylic acids is 1. The van der Waals surface area contributed by atoms with Gasteiger partial charge in [-0.15, -0.1) is 0 Å². The summed E-state index contributed by atoms with van der Waals surface area (Å²) in [6.45, 7) is 1.99. The molecular formula is C12H11ClO4. The highest BCUT2D eigenvalue weighted by Crippen LogP contribution is 2.31.